The Kier molecular flexibility index (Phi) is 4.55. The van der Waals surface area contributed by atoms with Crippen molar-refractivity contribution < 1.29 is 8.42 Å². The summed E-state index contributed by atoms with van der Waals surface area (Å²) in [6, 6.07) is 5.11. The first kappa shape index (κ1) is 15.1. The number of hydrogen-bond donors (Lipinski definition) is 2. The molecule has 20 heavy (non-hydrogen) atoms. The lowest BCUT2D eigenvalue weighted by Crippen LogP contribution is -2.23. The Bertz CT molecular complexity index is 564. The molecule has 1 saturated carbocycles. The van der Waals surface area contributed by atoms with Gasteiger partial charge >= 0.3 is 0 Å². The number of nitrogens with zero attached hydrogens (tertiary/aromatic N) is 1. The molecule has 0 saturated heterocycles. The van der Waals surface area contributed by atoms with Gasteiger partial charge in [0.15, 0.2) is 0 Å². The van der Waals surface area contributed by atoms with E-state index in [9.17, 15) is 8.42 Å². The van der Waals surface area contributed by atoms with E-state index in [0.717, 1.165) is 6.54 Å². The van der Waals surface area contributed by atoms with Gasteiger partial charge in [0.25, 0.3) is 0 Å². The summed E-state index contributed by atoms with van der Waals surface area (Å²) in [5.74, 6) is 0.670. The molecule has 5 nitrogen and oxygen atoms in total. The van der Waals surface area contributed by atoms with Crippen molar-refractivity contribution >= 4 is 21.4 Å². The van der Waals surface area contributed by atoms with Crippen LogP contribution < -0.4 is 11.1 Å². The molecule has 3 N–H and O–H groups in total. The third-order valence-corrected chi connectivity index (χ3v) is 5.75. The van der Waals surface area contributed by atoms with Crippen molar-refractivity contribution in [2.24, 2.45) is 5.92 Å². The summed E-state index contributed by atoms with van der Waals surface area (Å²) >= 11 is 0. The first-order chi connectivity index (χ1) is 9.43. The van der Waals surface area contributed by atoms with Crippen LogP contribution in [-0.4, -0.2) is 33.4 Å². The lowest BCUT2D eigenvalue weighted by atomic mass is 10.1. The summed E-state index contributed by atoms with van der Waals surface area (Å²) in [7, 11) is -0.484. The number of benzene rings is 1. The molecule has 6 heteroatoms. The van der Waals surface area contributed by atoms with E-state index in [0.29, 0.717) is 17.3 Å². The molecule has 0 atom stereocenters. The van der Waals surface area contributed by atoms with Crippen LogP contribution in [0.5, 0.6) is 0 Å². The molecule has 1 fully saturated rings. The molecule has 1 aliphatic carbocycles. The second-order valence-corrected chi connectivity index (χ2v) is 7.66. The average Bonchev–Trinajstić information content (AvgIpc) is 2.90. The fourth-order valence-corrected chi connectivity index (χ4v) is 3.62. The Hall–Kier alpha value is -1.27. The van der Waals surface area contributed by atoms with Gasteiger partial charge in [0.05, 0.1) is 11.4 Å². The summed E-state index contributed by atoms with van der Waals surface area (Å²) in [4.78, 5) is 0.166. The number of hydrogen-bond acceptors (Lipinski definition) is 4. The summed E-state index contributed by atoms with van der Waals surface area (Å²) < 4.78 is 25.5. The van der Waals surface area contributed by atoms with Crippen LogP contribution in [0.2, 0.25) is 0 Å². The second kappa shape index (κ2) is 6.01. The van der Waals surface area contributed by atoms with Crippen LogP contribution in [0.4, 0.5) is 11.4 Å². The standard InChI is InChI=1S/C14H23N3O2S/c1-17(2)20(18,19)13-9-5-8-12(14(13)15)16-10-11-6-3-4-7-11/h5,8-9,11,16H,3-4,6-7,10,15H2,1-2H3. The Balaban J connectivity index is 2.19. The molecule has 0 unspecified atom stereocenters. The van der Waals surface area contributed by atoms with Crippen molar-refractivity contribution in [3.8, 4) is 0 Å². The Morgan fingerprint density at radius 1 is 1.30 bits per heavy atom. The molecule has 0 spiro atoms. The van der Waals surface area contributed by atoms with E-state index >= 15 is 0 Å². The normalized spacial score (nSPS) is 16.8. The highest BCUT2D eigenvalue weighted by atomic mass is 32.2. The minimum atomic E-state index is -3.50. The van der Waals surface area contributed by atoms with Crippen molar-refractivity contribution in [1.29, 1.82) is 0 Å². The number of para-hydroxylation sites is 1. The first-order valence-corrected chi connectivity index (χ1v) is 8.42. The van der Waals surface area contributed by atoms with Gasteiger partial charge in [-0.3, -0.25) is 0 Å². The van der Waals surface area contributed by atoms with Gasteiger partial charge in [-0.25, -0.2) is 12.7 Å². The monoisotopic (exact) mass is 297 g/mol. The Labute approximate surface area is 121 Å². The van der Waals surface area contributed by atoms with E-state index in [1.165, 1.54) is 44.1 Å². The van der Waals surface area contributed by atoms with Crippen molar-refractivity contribution in [3.63, 3.8) is 0 Å². The first-order valence-electron chi connectivity index (χ1n) is 6.98. The zero-order valence-electron chi connectivity index (χ0n) is 12.1. The summed E-state index contributed by atoms with van der Waals surface area (Å²) in [5.41, 5.74) is 7.04. The summed E-state index contributed by atoms with van der Waals surface area (Å²) in [5, 5.41) is 3.30. The molecular formula is C14H23N3O2S. The number of anilines is 2. The zero-order chi connectivity index (χ0) is 14.8. The predicted octanol–water partition coefficient (Wildman–Crippen LogP) is 2.12. The molecule has 112 valence electrons. The maximum atomic E-state index is 12.2. The van der Waals surface area contributed by atoms with E-state index in [1.807, 2.05) is 6.07 Å². The van der Waals surface area contributed by atoms with Gasteiger partial charge in [-0.05, 0) is 30.9 Å². The van der Waals surface area contributed by atoms with Gasteiger partial charge < -0.3 is 11.1 Å². The summed E-state index contributed by atoms with van der Waals surface area (Å²) in [6.45, 7) is 0.857. The highest BCUT2D eigenvalue weighted by Gasteiger charge is 2.22. The van der Waals surface area contributed by atoms with E-state index in [-0.39, 0.29) is 4.90 Å². The lowest BCUT2D eigenvalue weighted by molar-refractivity contribution is 0.521. The summed E-state index contributed by atoms with van der Waals surface area (Å²) in [6.07, 6.45) is 5.05. The molecule has 0 heterocycles. The zero-order valence-corrected chi connectivity index (χ0v) is 12.9. The molecule has 0 bridgehead atoms. The Morgan fingerprint density at radius 2 is 1.95 bits per heavy atom. The number of sulfonamides is 1. The number of rotatable bonds is 5. The van der Waals surface area contributed by atoms with Crippen LogP contribution in [0, 0.1) is 5.92 Å². The topological polar surface area (TPSA) is 75.4 Å². The van der Waals surface area contributed by atoms with Crippen LogP contribution in [0.25, 0.3) is 0 Å². The van der Waals surface area contributed by atoms with Gasteiger partial charge in [-0.2, -0.15) is 0 Å². The predicted molar refractivity (Wildman–Crippen MR) is 82.2 cm³/mol. The minimum Gasteiger partial charge on any atom is -0.396 e. The van der Waals surface area contributed by atoms with Crippen LogP contribution in [0.3, 0.4) is 0 Å². The van der Waals surface area contributed by atoms with Crippen molar-refractivity contribution in [2.45, 2.75) is 30.6 Å². The van der Waals surface area contributed by atoms with Gasteiger partial charge in [0.2, 0.25) is 10.0 Å². The minimum absolute atomic E-state index is 0.166. The van der Waals surface area contributed by atoms with Gasteiger partial charge in [-0.15, -0.1) is 0 Å². The van der Waals surface area contributed by atoms with E-state index < -0.39 is 10.0 Å². The van der Waals surface area contributed by atoms with Crippen LogP contribution in [0.15, 0.2) is 23.1 Å². The van der Waals surface area contributed by atoms with E-state index in [4.69, 9.17) is 5.73 Å². The molecule has 0 aromatic heterocycles. The van der Waals surface area contributed by atoms with Crippen LogP contribution in [0.1, 0.15) is 25.7 Å². The third-order valence-electron chi connectivity index (χ3n) is 3.88. The number of nitrogens with two attached hydrogens (primary N) is 1. The maximum absolute atomic E-state index is 12.2. The Morgan fingerprint density at radius 3 is 2.55 bits per heavy atom. The lowest BCUT2D eigenvalue weighted by Gasteiger charge is -2.17. The molecule has 1 aromatic carbocycles. The van der Waals surface area contributed by atoms with Crippen molar-refractivity contribution in [2.75, 3.05) is 31.7 Å². The van der Waals surface area contributed by atoms with Gasteiger partial charge in [0.1, 0.15) is 4.90 Å². The molecule has 0 radical (unpaired) electrons. The molecule has 1 aliphatic rings. The smallest absolute Gasteiger partial charge is 0.244 e. The second-order valence-electron chi connectivity index (χ2n) is 5.54. The largest absolute Gasteiger partial charge is 0.396 e. The molecular weight excluding hydrogens is 274 g/mol. The quantitative estimate of drug-likeness (QED) is 0.816. The van der Waals surface area contributed by atoms with E-state index in [2.05, 4.69) is 5.32 Å². The molecule has 1 aromatic rings. The highest BCUT2D eigenvalue weighted by molar-refractivity contribution is 7.89. The van der Waals surface area contributed by atoms with E-state index in [1.54, 1.807) is 12.1 Å². The third kappa shape index (κ3) is 3.07. The maximum Gasteiger partial charge on any atom is 0.244 e. The average molecular weight is 297 g/mol. The number of nitrogens with one attached hydrogen (secondary N) is 1. The van der Waals surface area contributed by atoms with Gasteiger partial charge in [-0.1, -0.05) is 18.9 Å². The SMILES string of the molecule is CN(C)S(=O)(=O)c1cccc(NCC2CCCC2)c1N. The van der Waals surface area contributed by atoms with Crippen LogP contribution in [-0.2, 0) is 10.0 Å². The molecule has 0 aliphatic heterocycles. The van der Waals surface area contributed by atoms with Crippen LogP contribution >= 0.6 is 0 Å². The molecule has 0 amide bonds. The number of nitrogen functional groups attached to an aromatic ring is 1. The highest BCUT2D eigenvalue weighted by Crippen LogP contribution is 2.30. The fraction of sp³-hybridized carbons (Fsp3) is 0.571. The molecule has 2 rings (SSSR count). The van der Waals surface area contributed by atoms with Crippen molar-refractivity contribution in [1.82, 2.24) is 4.31 Å². The van der Waals surface area contributed by atoms with Crippen molar-refractivity contribution in [3.05, 3.63) is 18.2 Å². The van der Waals surface area contributed by atoms with Gasteiger partial charge in [0, 0.05) is 20.6 Å². The fourth-order valence-electron chi connectivity index (χ4n) is 2.59.